The number of imidazole rings is 1. The van der Waals surface area contributed by atoms with E-state index in [9.17, 15) is 9.59 Å². The first-order chi connectivity index (χ1) is 11.6. The number of amides is 1. The number of fused-ring (bicyclic) bond motifs is 2. The standard InChI is InChI=1S/C17H13ClN4O2/c18-11-3-2-10-6-15(20-13(10)7-11)16(23)19-8-9-1-4-12-14(5-9)22-17(24)21-12/h1-7,20H,8H2,(H,19,23)(H2,21,22,24). The largest absolute Gasteiger partial charge is 0.350 e. The van der Waals surface area contributed by atoms with Crippen LogP contribution in [0.3, 0.4) is 0 Å². The minimum Gasteiger partial charge on any atom is -0.350 e. The van der Waals surface area contributed by atoms with Crippen molar-refractivity contribution in [3.05, 3.63) is 69.2 Å². The van der Waals surface area contributed by atoms with Gasteiger partial charge in [0, 0.05) is 22.5 Å². The lowest BCUT2D eigenvalue weighted by atomic mass is 10.2. The van der Waals surface area contributed by atoms with E-state index < -0.39 is 0 Å². The number of halogens is 1. The summed E-state index contributed by atoms with van der Waals surface area (Å²) in [6.45, 7) is 0.359. The zero-order chi connectivity index (χ0) is 16.7. The number of carbonyl (C=O) groups excluding carboxylic acids is 1. The molecule has 0 aliphatic rings. The van der Waals surface area contributed by atoms with Gasteiger partial charge in [-0.25, -0.2) is 4.79 Å². The molecule has 0 aliphatic carbocycles. The topological polar surface area (TPSA) is 93.5 Å². The molecule has 2 aromatic carbocycles. The second-order valence-electron chi connectivity index (χ2n) is 5.56. The molecule has 2 aromatic heterocycles. The summed E-state index contributed by atoms with van der Waals surface area (Å²) in [6.07, 6.45) is 0. The number of nitrogens with one attached hydrogen (secondary N) is 4. The molecule has 2 heterocycles. The minimum absolute atomic E-state index is 0.204. The van der Waals surface area contributed by atoms with Crippen LogP contribution < -0.4 is 11.0 Å². The van der Waals surface area contributed by atoms with Crippen molar-refractivity contribution >= 4 is 39.4 Å². The van der Waals surface area contributed by atoms with E-state index in [1.54, 1.807) is 24.3 Å². The predicted octanol–water partition coefficient (Wildman–Crippen LogP) is 2.92. The molecule has 6 nitrogen and oxygen atoms in total. The van der Waals surface area contributed by atoms with E-state index in [0.29, 0.717) is 22.8 Å². The number of carbonyl (C=O) groups is 1. The molecule has 120 valence electrons. The Balaban J connectivity index is 1.52. The van der Waals surface area contributed by atoms with Gasteiger partial charge in [-0.3, -0.25) is 4.79 Å². The predicted molar refractivity (Wildman–Crippen MR) is 93.4 cm³/mol. The first-order valence-corrected chi connectivity index (χ1v) is 7.74. The molecule has 0 aliphatic heterocycles. The first-order valence-electron chi connectivity index (χ1n) is 7.36. The highest BCUT2D eigenvalue weighted by Crippen LogP contribution is 2.20. The maximum Gasteiger partial charge on any atom is 0.323 e. The number of H-pyrrole nitrogens is 3. The average Bonchev–Trinajstić information content (AvgIpc) is 3.13. The second kappa shape index (κ2) is 5.58. The van der Waals surface area contributed by atoms with Crippen LogP contribution in [0.1, 0.15) is 16.1 Å². The summed E-state index contributed by atoms with van der Waals surface area (Å²) < 4.78 is 0. The highest BCUT2D eigenvalue weighted by Gasteiger charge is 2.10. The van der Waals surface area contributed by atoms with Gasteiger partial charge in [-0.15, -0.1) is 0 Å². The van der Waals surface area contributed by atoms with Crippen molar-refractivity contribution < 1.29 is 4.79 Å². The van der Waals surface area contributed by atoms with E-state index in [1.807, 2.05) is 18.2 Å². The quantitative estimate of drug-likeness (QED) is 0.461. The van der Waals surface area contributed by atoms with Crippen molar-refractivity contribution in [2.45, 2.75) is 6.54 Å². The van der Waals surface area contributed by atoms with Crippen LogP contribution in [0.2, 0.25) is 5.02 Å². The van der Waals surface area contributed by atoms with Gasteiger partial charge >= 0.3 is 5.69 Å². The molecule has 0 saturated carbocycles. The summed E-state index contributed by atoms with van der Waals surface area (Å²) in [4.78, 5) is 32.0. The van der Waals surface area contributed by atoms with Gasteiger partial charge in [-0.1, -0.05) is 23.7 Å². The Bertz CT molecular complexity index is 1120. The zero-order valence-electron chi connectivity index (χ0n) is 12.4. The number of benzene rings is 2. The molecule has 1 amide bonds. The lowest BCUT2D eigenvalue weighted by molar-refractivity contribution is 0.0947. The van der Waals surface area contributed by atoms with Gasteiger partial charge in [0.15, 0.2) is 0 Å². The molecule has 4 aromatic rings. The molecule has 4 rings (SSSR count). The summed E-state index contributed by atoms with van der Waals surface area (Å²) in [5, 5.41) is 4.40. The molecule has 4 N–H and O–H groups in total. The van der Waals surface area contributed by atoms with Gasteiger partial charge in [0.1, 0.15) is 5.69 Å². The van der Waals surface area contributed by atoms with Crippen LogP contribution in [0, 0.1) is 0 Å². The fourth-order valence-corrected chi connectivity index (χ4v) is 2.86. The maximum atomic E-state index is 12.3. The molecule has 0 saturated heterocycles. The third-order valence-corrected chi connectivity index (χ3v) is 4.10. The highest BCUT2D eigenvalue weighted by atomic mass is 35.5. The fraction of sp³-hybridized carbons (Fsp3) is 0.0588. The monoisotopic (exact) mass is 340 g/mol. The Morgan fingerprint density at radius 1 is 0.958 bits per heavy atom. The molecule has 0 spiro atoms. The Morgan fingerprint density at radius 3 is 2.67 bits per heavy atom. The Morgan fingerprint density at radius 2 is 1.79 bits per heavy atom. The summed E-state index contributed by atoms with van der Waals surface area (Å²) in [6, 6.07) is 12.7. The van der Waals surface area contributed by atoms with E-state index in [-0.39, 0.29) is 11.6 Å². The SMILES string of the molecule is O=C(NCc1ccc2[nH]c(=O)[nH]c2c1)c1cc2ccc(Cl)cc2[nH]1. The van der Waals surface area contributed by atoms with Crippen molar-refractivity contribution in [2.24, 2.45) is 0 Å². The Kier molecular flexibility index (Phi) is 3.39. The summed E-state index contributed by atoms with van der Waals surface area (Å²) in [5.74, 6) is -0.204. The summed E-state index contributed by atoms with van der Waals surface area (Å²) >= 11 is 5.95. The maximum absolute atomic E-state index is 12.3. The average molecular weight is 341 g/mol. The smallest absolute Gasteiger partial charge is 0.323 e. The third kappa shape index (κ3) is 2.68. The van der Waals surface area contributed by atoms with Crippen molar-refractivity contribution in [1.29, 1.82) is 0 Å². The van der Waals surface area contributed by atoms with E-state index in [0.717, 1.165) is 22.0 Å². The van der Waals surface area contributed by atoms with Gasteiger partial charge in [0.25, 0.3) is 5.91 Å². The number of aromatic nitrogens is 3. The molecule has 7 heteroatoms. The van der Waals surface area contributed by atoms with Crippen molar-refractivity contribution in [3.8, 4) is 0 Å². The normalized spacial score (nSPS) is 11.2. The molecular weight excluding hydrogens is 328 g/mol. The molecule has 24 heavy (non-hydrogen) atoms. The van der Waals surface area contributed by atoms with Gasteiger partial charge in [0.05, 0.1) is 11.0 Å². The minimum atomic E-state index is -0.247. The zero-order valence-corrected chi connectivity index (χ0v) is 13.2. The summed E-state index contributed by atoms with van der Waals surface area (Å²) in [7, 11) is 0. The van der Waals surface area contributed by atoms with Crippen LogP contribution in [0.25, 0.3) is 21.9 Å². The number of aromatic amines is 3. The van der Waals surface area contributed by atoms with Crippen LogP contribution in [-0.2, 0) is 6.54 Å². The van der Waals surface area contributed by atoms with Crippen molar-refractivity contribution in [1.82, 2.24) is 20.3 Å². The van der Waals surface area contributed by atoms with Gasteiger partial charge < -0.3 is 20.3 Å². The van der Waals surface area contributed by atoms with E-state index in [2.05, 4.69) is 20.3 Å². The van der Waals surface area contributed by atoms with Crippen LogP contribution in [0.15, 0.2) is 47.3 Å². The highest BCUT2D eigenvalue weighted by molar-refractivity contribution is 6.31. The fourth-order valence-electron chi connectivity index (χ4n) is 2.69. The second-order valence-corrected chi connectivity index (χ2v) is 5.99. The molecular formula is C17H13ClN4O2. The van der Waals surface area contributed by atoms with Crippen LogP contribution >= 0.6 is 11.6 Å². The van der Waals surface area contributed by atoms with Gasteiger partial charge in [-0.05, 0) is 35.9 Å². The molecule has 0 radical (unpaired) electrons. The lowest BCUT2D eigenvalue weighted by Crippen LogP contribution is -2.23. The van der Waals surface area contributed by atoms with Gasteiger partial charge in [-0.2, -0.15) is 0 Å². The third-order valence-electron chi connectivity index (χ3n) is 3.86. The number of hydrogen-bond acceptors (Lipinski definition) is 2. The van der Waals surface area contributed by atoms with Crippen molar-refractivity contribution in [2.75, 3.05) is 0 Å². The summed E-state index contributed by atoms with van der Waals surface area (Å²) in [5.41, 5.74) is 3.39. The Labute approximate surface area is 140 Å². The Hall–Kier alpha value is -2.99. The number of rotatable bonds is 3. The van der Waals surface area contributed by atoms with E-state index in [4.69, 9.17) is 11.6 Å². The van der Waals surface area contributed by atoms with Crippen LogP contribution in [-0.4, -0.2) is 20.9 Å². The number of hydrogen-bond donors (Lipinski definition) is 4. The molecule has 0 unspecified atom stereocenters. The molecule has 0 bridgehead atoms. The van der Waals surface area contributed by atoms with E-state index >= 15 is 0 Å². The van der Waals surface area contributed by atoms with E-state index in [1.165, 1.54) is 0 Å². The lowest BCUT2D eigenvalue weighted by Gasteiger charge is -2.04. The molecule has 0 atom stereocenters. The van der Waals surface area contributed by atoms with Crippen LogP contribution in [0.4, 0.5) is 0 Å². The van der Waals surface area contributed by atoms with Gasteiger partial charge in [0.2, 0.25) is 0 Å². The molecule has 0 fully saturated rings. The van der Waals surface area contributed by atoms with Crippen LogP contribution in [0.5, 0.6) is 0 Å². The first kappa shape index (κ1) is 14.6. The van der Waals surface area contributed by atoms with Crippen molar-refractivity contribution in [3.63, 3.8) is 0 Å².